The van der Waals surface area contributed by atoms with E-state index < -0.39 is 0 Å². The van der Waals surface area contributed by atoms with Crippen molar-refractivity contribution in [1.82, 2.24) is 30.3 Å². The fraction of sp³-hybridized carbons (Fsp3) is 0.167. The van der Waals surface area contributed by atoms with Gasteiger partial charge in [-0.05, 0) is 38.4 Å². The first-order chi connectivity index (χ1) is 12.1. The molecule has 0 bridgehead atoms. The molecule has 126 valence electrons. The van der Waals surface area contributed by atoms with Crippen LogP contribution in [0.1, 0.15) is 5.82 Å². The van der Waals surface area contributed by atoms with E-state index in [-0.39, 0.29) is 0 Å². The van der Waals surface area contributed by atoms with Gasteiger partial charge in [0.05, 0.1) is 17.1 Å². The van der Waals surface area contributed by atoms with Gasteiger partial charge in [-0.15, -0.1) is 0 Å². The number of aromatic nitrogens is 5. The molecule has 0 saturated carbocycles. The fourth-order valence-corrected chi connectivity index (χ4v) is 3.03. The van der Waals surface area contributed by atoms with Gasteiger partial charge in [0.15, 0.2) is 5.82 Å². The van der Waals surface area contributed by atoms with Crippen LogP contribution in [-0.4, -0.2) is 44.4 Å². The van der Waals surface area contributed by atoms with E-state index in [2.05, 4.69) is 25.4 Å². The van der Waals surface area contributed by atoms with Crippen LogP contribution in [0.25, 0.3) is 33.5 Å². The van der Waals surface area contributed by atoms with E-state index in [0.29, 0.717) is 17.4 Å². The topological polar surface area (TPSA) is 73.5 Å². The molecule has 4 aromatic rings. The summed E-state index contributed by atoms with van der Waals surface area (Å²) in [4.78, 5) is 6.61. The highest BCUT2D eigenvalue weighted by molar-refractivity contribution is 6.33. The molecule has 2 heterocycles. The van der Waals surface area contributed by atoms with Crippen molar-refractivity contribution < 1.29 is 0 Å². The first kappa shape index (κ1) is 15.8. The third-order valence-electron chi connectivity index (χ3n) is 3.95. The summed E-state index contributed by atoms with van der Waals surface area (Å²) in [7, 11) is 3.99. The van der Waals surface area contributed by atoms with Crippen molar-refractivity contribution in [3.05, 3.63) is 53.3 Å². The van der Waals surface area contributed by atoms with Crippen molar-refractivity contribution in [2.24, 2.45) is 0 Å². The number of halogens is 1. The normalized spacial score (nSPS) is 11.5. The van der Waals surface area contributed by atoms with Gasteiger partial charge in [-0.3, -0.25) is 10.2 Å². The third-order valence-corrected chi connectivity index (χ3v) is 4.28. The molecule has 0 radical (unpaired) electrons. The summed E-state index contributed by atoms with van der Waals surface area (Å²) < 4.78 is 0. The highest BCUT2D eigenvalue weighted by Crippen LogP contribution is 2.33. The number of benzene rings is 2. The lowest BCUT2D eigenvalue weighted by molar-refractivity contribution is 0.391. The second-order valence-corrected chi connectivity index (χ2v) is 6.56. The average molecular weight is 353 g/mol. The predicted molar refractivity (Wildman–Crippen MR) is 99.3 cm³/mol. The van der Waals surface area contributed by atoms with Crippen molar-refractivity contribution in [1.29, 1.82) is 0 Å². The van der Waals surface area contributed by atoms with E-state index in [9.17, 15) is 0 Å². The largest absolute Gasteiger partial charge is 0.302 e. The zero-order valence-electron chi connectivity index (χ0n) is 13.9. The molecule has 2 N–H and O–H groups in total. The van der Waals surface area contributed by atoms with Crippen LogP contribution >= 0.6 is 11.6 Å². The molecule has 0 aliphatic rings. The van der Waals surface area contributed by atoms with Crippen LogP contribution < -0.4 is 0 Å². The van der Waals surface area contributed by atoms with Crippen LogP contribution in [0.5, 0.6) is 0 Å². The number of aromatic amines is 2. The zero-order chi connectivity index (χ0) is 17.4. The summed E-state index contributed by atoms with van der Waals surface area (Å²) in [5.74, 6) is 1.50. The highest BCUT2D eigenvalue weighted by Gasteiger charge is 2.13. The lowest BCUT2D eigenvalue weighted by Crippen LogP contribution is -2.11. The smallest absolute Gasteiger partial charge is 0.181 e. The third kappa shape index (κ3) is 3.01. The van der Waals surface area contributed by atoms with E-state index in [1.165, 1.54) is 0 Å². The van der Waals surface area contributed by atoms with Crippen molar-refractivity contribution in [2.75, 3.05) is 14.1 Å². The second kappa shape index (κ2) is 6.31. The summed E-state index contributed by atoms with van der Waals surface area (Å²) >= 11 is 6.34. The molecule has 2 aromatic carbocycles. The monoisotopic (exact) mass is 352 g/mol. The Morgan fingerprint density at radius 1 is 1.04 bits per heavy atom. The van der Waals surface area contributed by atoms with Gasteiger partial charge in [0.2, 0.25) is 0 Å². The lowest BCUT2D eigenvalue weighted by Gasteiger charge is -2.04. The molecule has 0 amide bonds. The Balaban J connectivity index is 1.79. The number of hydrogen-bond donors (Lipinski definition) is 2. The minimum Gasteiger partial charge on any atom is -0.302 e. The van der Waals surface area contributed by atoms with Gasteiger partial charge in [-0.25, -0.2) is 4.98 Å². The second-order valence-electron chi connectivity index (χ2n) is 6.16. The molecule has 4 rings (SSSR count). The number of nitrogens with one attached hydrogen (secondary N) is 2. The maximum absolute atomic E-state index is 6.34. The Bertz CT molecular complexity index is 1030. The van der Waals surface area contributed by atoms with Crippen LogP contribution in [0.4, 0.5) is 0 Å². The minimum absolute atomic E-state index is 0.671. The van der Waals surface area contributed by atoms with E-state index in [4.69, 9.17) is 11.6 Å². The molecular formula is C18H17ClN6. The summed E-state index contributed by atoms with van der Waals surface area (Å²) in [6.45, 7) is 0.714. The van der Waals surface area contributed by atoms with Crippen molar-refractivity contribution in [2.45, 2.75) is 6.54 Å². The summed E-state index contributed by atoms with van der Waals surface area (Å²) in [5.41, 5.74) is 3.61. The van der Waals surface area contributed by atoms with Gasteiger partial charge in [0.1, 0.15) is 11.5 Å². The van der Waals surface area contributed by atoms with Crippen LogP contribution in [0, 0.1) is 0 Å². The van der Waals surface area contributed by atoms with Gasteiger partial charge in [-0.1, -0.05) is 29.8 Å². The van der Waals surface area contributed by atoms with Crippen LogP contribution in [0.15, 0.2) is 42.5 Å². The van der Waals surface area contributed by atoms with E-state index in [0.717, 1.165) is 33.5 Å². The summed E-state index contributed by atoms with van der Waals surface area (Å²) in [6.07, 6.45) is 0. The Labute approximate surface area is 149 Å². The number of nitrogens with zero attached hydrogens (tertiary/aromatic N) is 4. The molecule has 0 aliphatic heterocycles. The van der Waals surface area contributed by atoms with E-state index in [1.54, 1.807) is 0 Å². The van der Waals surface area contributed by atoms with Crippen LogP contribution in [0.2, 0.25) is 5.02 Å². The average Bonchev–Trinajstić information content (AvgIpc) is 3.21. The van der Waals surface area contributed by atoms with Gasteiger partial charge >= 0.3 is 0 Å². The predicted octanol–water partition coefficient (Wildman–Crippen LogP) is 3.73. The number of hydrogen-bond acceptors (Lipinski definition) is 4. The Morgan fingerprint density at radius 3 is 2.68 bits per heavy atom. The molecule has 0 fully saturated rings. The molecule has 25 heavy (non-hydrogen) atoms. The first-order valence-corrected chi connectivity index (χ1v) is 8.29. The summed E-state index contributed by atoms with van der Waals surface area (Å²) in [5, 5.41) is 16.5. The zero-order valence-corrected chi connectivity index (χ0v) is 14.7. The molecule has 2 aromatic heterocycles. The molecule has 0 unspecified atom stereocenters. The van der Waals surface area contributed by atoms with Crippen LogP contribution in [-0.2, 0) is 6.54 Å². The van der Waals surface area contributed by atoms with Gasteiger partial charge in [0.25, 0.3) is 0 Å². The minimum atomic E-state index is 0.671. The molecule has 6 nitrogen and oxygen atoms in total. The highest BCUT2D eigenvalue weighted by atomic mass is 35.5. The van der Waals surface area contributed by atoms with Gasteiger partial charge in [0, 0.05) is 16.5 Å². The van der Waals surface area contributed by atoms with Crippen molar-refractivity contribution in [3.63, 3.8) is 0 Å². The van der Waals surface area contributed by atoms with Gasteiger partial charge < -0.3 is 4.90 Å². The fourth-order valence-electron chi connectivity index (χ4n) is 2.81. The maximum atomic E-state index is 6.34. The molecule has 0 aliphatic carbocycles. The Morgan fingerprint density at radius 2 is 1.88 bits per heavy atom. The summed E-state index contributed by atoms with van der Waals surface area (Å²) in [6, 6.07) is 13.7. The van der Waals surface area contributed by atoms with Crippen molar-refractivity contribution >= 4 is 22.5 Å². The number of rotatable bonds is 4. The molecule has 0 spiro atoms. The standard InChI is InChI=1S/C18H17ClN6/c1-25(2)10-16-20-18(24-22-16)11-7-8-15-13(9-11)17(23-21-15)12-5-3-4-6-14(12)19/h3-9H,10H2,1-2H3,(H,21,23)(H,20,22,24). The maximum Gasteiger partial charge on any atom is 0.181 e. The molecule has 7 heteroatoms. The Kier molecular flexibility index (Phi) is 3.99. The molecule has 0 atom stereocenters. The quantitative estimate of drug-likeness (QED) is 0.587. The van der Waals surface area contributed by atoms with Crippen molar-refractivity contribution in [3.8, 4) is 22.6 Å². The molecule has 0 saturated heterocycles. The lowest BCUT2D eigenvalue weighted by atomic mass is 10.1. The van der Waals surface area contributed by atoms with E-state index >= 15 is 0 Å². The Hall–Kier alpha value is -2.70. The number of H-pyrrole nitrogens is 2. The SMILES string of the molecule is CN(C)Cc1nc(-c2ccc3[nH]nc(-c4ccccc4Cl)c3c2)n[nH]1. The van der Waals surface area contributed by atoms with Crippen LogP contribution in [0.3, 0.4) is 0 Å². The van der Waals surface area contributed by atoms with Gasteiger partial charge in [-0.2, -0.15) is 10.2 Å². The molecular weight excluding hydrogens is 336 g/mol. The number of fused-ring (bicyclic) bond motifs is 1. The van der Waals surface area contributed by atoms with E-state index in [1.807, 2.05) is 61.5 Å². The first-order valence-electron chi connectivity index (χ1n) is 7.91.